The van der Waals surface area contributed by atoms with Crippen LogP contribution in [-0.2, 0) is 4.79 Å². The van der Waals surface area contributed by atoms with Crippen molar-refractivity contribution in [2.75, 3.05) is 25.4 Å². The number of aliphatic hydroxyl groups is 3. The summed E-state index contributed by atoms with van der Waals surface area (Å²) in [5, 5.41) is 33.9. The van der Waals surface area contributed by atoms with E-state index in [-0.39, 0.29) is 66.9 Å². The van der Waals surface area contributed by atoms with E-state index in [1.54, 1.807) is 24.3 Å². The first-order valence-electron chi connectivity index (χ1n) is 12.3. The fourth-order valence-corrected chi connectivity index (χ4v) is 4.29. The van der Waals surface area contributed by atoms with Gasteiger partial charge in [0.15, 0.2) is 0 Å². The van der Waals surface area contributed by atoms with E-state index in [0.29, 0.717) is 16.6 Å². The summed E-state index contributed by atoms with van der Waals surface area (Å²) in [6.45, 7) is -0.00937. The number of aliphatic hydroxyl groups excluding tert-OH is 3. The normalized spacial score (nSPS) is 12.9. The molecule has 4 aromatic rings. The Bertz CT molecular complexity index is 1570. The molecule has 4 rings (SSSR count). The van der Waals surface area contributed by atoms with Gasteiger partial charge in [-0.1, -0.05) is 6.07 Å². The van der Waals surface area contributed by atoms with Gasteiger partial charge in [-0.3, -0.25) is 14.4 Å². The molecule has 0 saturated heterocycles. The number of halogens is 1. The first kappa shape index (κ1) is 27.7. The number of nitrogens with one attached hydrogen (secondary N) is 4. The van der Waals surface area contributed by atoms with Crippen LogP contribution in [0, 0.1) is 5.82 Å². The molecule has 2 amide bonds. The number of nitrogen functional groups attached to an aromatic ring is 1. The van der Waals surface area contributed by atoms with Crippen LogP contribution in [0.15, 0.2) is 41.2 Å². The minimum Gasteiger partial charge on any atom is -0.397 e. The predicted octanol–water partition coefficient (Wildman–Crippen LogP) is 0.523. The van der Waals surface area contributed by atoms with Gasteiger partial charge >= 0.3 is 0 Å². The first-order valence-corrected chi connectivity index (χ1v) is 12.3. The van der Waals surface area contributed by atoms with Gasteiger partial charge in [-0.15, -0.1) is 0 Å². The number of hydrogen-bond donors (Lipinski definition) is 8. The van der Waals surface area contributed by atoms with Crippen LogP contribution in [0.4, 0.5) is 10.1 Å². The number of rotatable bonds is 11. The number of carbonyl (C=O) groups excluding carboxylic acids is 2. The first-order chi connectivity index (χ1) is 18.7. The van der Waals surface area contributed by atoms with Crippen molar-refractivity contribution in [2.24, 2.45) is 0 Å². The average Bonchev–Trinajstić information content (AvgIpc) is 3.29. The third-order valence-electron chi connectivity index (χ3n) is 6.17. The van der Waals surface area contributed by atoms with Crippen molar-refractivity contribution in [3.63, 3.8) is 0 Å². The van der Waals surface area contributed by atoms with Gasteiger partial charge in [0.2, 0.25) is 5.91 Å². The molecule has 39 heavy (non-hydrogen) atoms. The lowest BCUT2D eigenvalue weighted by Crippen LogP contribution is -2.32. The molecule has 0 aliphatic rings. The van der Waals surface area contributed by atoms with Gasteiger partial charge in [0.25, 0.3) is 11.5 Å². The maximum Gasteiger partial charge on any atom is 0.261 e. The molecule has 2 atom stereocenters. The number of aromatic nitrogens is 3. The van der Waals surface area contributed by atoms with Crippen molar-refractivity contribution in [1.82, 2.24) is 25.6 Å². The van der Waals surface area contributed by atoms with E-state index in [1.165, 1.54) is 12.1 Å². The number of carbonyl (C=O) groups is 2. The van der Waals surface area contributed by atoms with E-state index in [1.807, 2.05) is 0 Å². The van der Waals surface area contributed by atoms with E-state index in [2.05, 4.69) is 25.6 Å². The minimum atomic E-state index is -1.06. The van der Waals surface area contributed by atoms with Crippen LogP contribution in [0.2, 0.25) is 0 Å². The molecule has 2 aromatic heterocycles. The fraction of sp³-hybridized carbons (Fsp3) is 0.308. The summed E-state index contributed by atoms with van der Waals surface area (Å²) in [5.74, 6) is -1.32. The number of hydrogen-bond acceptors (Lipinski definition) is 8. The Morgan fingerprint density at radius 2 is 1.85 bits per heavy atom. The van der Waals surface area contributed by atoms with Gasteiger partial charge in [-0.2, -0.15) is 0 Å². The third kappa shape index (κ3) is 6.39. The Morgan fingerprint density at radius 3 is 2.62 bits per heavy atom. The van der Waals surface area contributed by atoms with Crippen LogP contribution in [0.3, 0.4) is 0 Å². The molecule has 0 aliphatic heterocycles. The number of amides is 2. The Balaban J connectivity index is 1.40. The maximum atomic E-state index is 14.4. The number of imidazole rings is 1. The smallest absolute Gasteiger partial charge is 0.261 e. The van der Waals surface area contributed by atoms with Crippen molar-refractivity contribution in [2.45, 2.75) is 31.5 Å². The third-order valence-corrected chi connectivity index (χ3v) is 6.17. The summed E-state index contributed by atoms with van der Waals surface area (Å²) >= 11 is 0. The lowest BCUT2D eigenvalue weighted by Gasteiger charge is -2.15. The number of pyridine rings is 1. The van der Waals surface area contributed by atoms with Gasteiger partial charge in [0.05, 0.1) is 52.9 Å². The standard InChI is InChI=1S/C26H29FN6O6/c27-16-2-1-3-18-21(16)23(28)22(26(39)33-18)24-31-17-5-4-13(10-19(17)32-24)25(38)30-7-6-14(35)11-15(36)12-20(37)29-8-9-34/h1-5,10,14-15,34-36H,6-9,11-12H2,(H,29,37)(H,30,38)(H,31,32)(H3,28,33,39)/t14-,15-/m1/s1. The number of aromatic amines is 2. The van der Waals surface area contributed by atoms with Crippen LogP contribution in [0.25, 0.3) is 33.3 Å². The van der Waals surface area contributed by atoms with Crippen molar-refractivity contribution in [3.8, 4) is 11.4 Å². The summed E-state index contributed by atoms with van der Waals surface area (Å²) in [6.07, 6.45) is -2.11. The largest absolute Gasteiger partial charge is 0.397 e. The molecule has 13 heteroatoms. The lowest BCUT2D eigenvalue weighted by molar-refractivity contribution is -0.123. The van der Waals surface area contributed by atoms with Crippen LogP contribution in [-0.4, -0.2) is 74.0 Å². The molecule has 0 radical (unpaired) electrons. The van der Waals surface area contributed by atoms with E-state index < -0.39 is 35.4 Å². The highest BCUT2D eigenvalue weighted by Gasteiger charge is 2.19. The zero-order valence-corrected chi connectivity index (χ0v) is 20.8. The van der Waals surface area contributed by atoms with Gasteiger partial charge in [-0.05, 0) is 43.2 Å². The average molecular weight is 541 g/mol. The number of nitrogens with zero attached hydrogens (tertiary/aromatic N) is 1. The Kier molecular flexibility index (Phi) is 8.54. The second-order valence-electron chi connectivity index (χ2n) is 9.09. The lowest BCUT2D eigenvalue weighted by atomic mass is 10.1. The van der Waals surface area contributed by atoms with E-state index in [4.69, 9.17) is 10.8 Å². The second kappa shape index (κ2) is 12.0. The highest BCUT2D eigenvalue weighted by molar-refractivity contribution is 6.00. The highest BCUT2D eigenvalue weighted by Crippen LogP contribution is 2.30. The number of anilines is 1. The predicted molar refractivity (Wildman–Crippen MR) is 142 cm³/mol. The van der Waals surface area contributed by atoms with Crippen LogP contribution < -0.4 is 21.9 Å². The molecule has 0 bridgehead atoms. The van der Waals surface area contributed by atoms with Gasteiger partial charge in [-0.25, -0.2) is 9.37 Å². The molecule has 0 fully saturated rings. The van der Waals surface area contributed by atoms with Crippen LogP contribution in [0.5, 0.6) is 0 Å². The zero-order chi connectivity index (χ0) is 28.1. The van der Waals surface area contributed by atoms with Crippen molar-refractivity contribution in [1.29, 1.82) is 0 Å². The van der Waals surface area contributed by atoms with Gasteiger partial charge in [0, 0.05) is 18.7 Å². The fourth-order valence-electron chi connectivity index (χ4n) is 4.29. The Hall–Kier alpha value is -4.33. The summed E-state index contributed by atoms with van der Waals surface area (Å²) in [7, 11) is 0. The summed E-state index contributed by atoms with van der Waals surface area (Å²) in [5.41, 5.74) is 7.00. The van der Waals surface area contributed by atoms with E-state index in [0.717, 1.165) is 0 Å². The Labute approximate surface area is 221 Å². The molecule has 12 nitrogen and oxygen atoms in total. The monoisotopic (exact) mass is 540 g/mol. The zero-order valence-electron chi connectivity index (χ0n) is 20.8. The second-order valence-corrected chi connectivity index (χ2v) is 9.09. The molecule has 2 aromatic carbocycles. The molecule has 0 spiro atoms. The number of fused-ring (bicyclic) bond motifs is 2. The summed E-state index contributed by atoms with van der Waals surface area (Å²) in [6, 6.07) is 8.92. The molecule has 0 unspecified atom stereocenters. The quantitative estimate of drug-likeness (QED) is 0.134. The molecular formula is C26H29FN6O6. The van der Waals surface area contributed by atoms with Crippen LogP contribution in [0.1, 0.15) is 29.6 Å². The van der Waals surface area contributed by atoms with E-state index >= 15 is 0 Å². The highest BCUT2D eigenvalue weighted by atomic mass is 19.1. The SMILES string of the molecule is Nc1c(-c2nc3ccc(C(=O)NCC[C@@H](O)C[C@@H](O)CC(=O)NCCO)cc3[nH]2)c(=O)[nH]c2cccc(F)c12. The summed E-state index contributed by atoms with van der Waals surface area (Å²) in [4.78, 5) is 46.9. The summed E-state index contributed by atoms with van der Waals surface area (Å²) < 4.78 is 14.4. The van der Waals surface area contributed by atoms with Crippen molar-refractivity contribution < 1.29 is 29.3 Å². The molecule has 0 aliphatic carbocycles. The minimum absolute atomic E-state index is 0.0168. The number of benzene rings is 2. The van der Waals surface area contributed by atoms with Crippen LogP contribution >= 0.6 is 0 Å². The van der Waals surface area contributed by atoms with Gasteiger partial charge in [0.1, 0.15) is 17.2 Å². The molecule has 0 saturated carbocycles. The molecule has 206 valence electrons. The van der Waals surface area contributed by atoms with Gasteiger partial charge < -0.3 is 41.7 Å². The number of nitrogens with two attached hydrogens (primary N) is 1. The Morgan fingerprint density at radius 1 is 1.05 bits per heavy atom. The van der Waals surface area contributed by atoms with Crippen molar-refractivity contribution in [3.05, 3.63) is 58.1 Å². The molecule has 9 N–H and O–H groups in total. The van der Waals surface area contributed by atoms with Crippen molar-refractivity contribution >= 4 is 39.4 Å². The molecule has 2 heterocycles. The maximum absolute atomic E-state index is 14.4. The number of H-pyrrole nitrogens is 2. The van der Waals surface area contributed by atoms with E-state index in [9.17, 15) is 29.0 Å². The topological polar surface area (TPSA) is 206 Å². The molecular weight excluding hydrogens is 511 g/mol.